The summed E-state index contributed by atoms with van der Waals surface area (Å²) in [5, 5.41) is 9.29. The number of hydrogen-bond acceptors (Lipinski definition) is 3. The highest BCUT2D eigenvalue weighted by Crippen LogP contribution is 2.40. The van der Waals surface area contributed by atoms with Crippen LogP contribution in [0.15, 0.2) is 24.3 Å². The van der Waals surface area contributed by atoms with Gasteiger partial charge >= 0.3 is 5.97 Å². The molecule has 1 saturated carbocycles. The number of benzene rings is 1. The highest BCUT2D eigenvalue weighted by molar-refractivity contribution is 5.86. The van der Waals surface area contributed by atoms with Gasteiger partial charge in [-0.3, -0.25) is 0 Å². The van der Waals surface area contributed by atoms with Crippen molar-refractivity contribution in [2.75, 3.05) is 13.2 Å². The normalized spacial score (nSPS) is 24.0. The molecule has 1 aromatic carbocycles. The van der Waals surface area contributed by atoms with E-state index in [0.29, 0.717) is 12.2 Å². The molecule has 2 aliphatic rings. The second-order valence-corrected chi connectivity index (χ2v) is 9.41. The Kier molecular flexibility index (Phi) is 7.94. The molecule has 0 aromatic heterocycles. The molecule has 0 bridgehead atoms. The molecule has 0 spiro atoms. The van der Waals surface area contributed by atoms with Crippen LogP contribution < -0.4 is 0 Å². The summed E-state index contributed by atoms with van der Waals surface area (Å²) in [5.41, 5.74) is 6.05. The monoisotopic (exact) mass is 398 g/mol. The Bertz CT molecular complexity index is 713. The Morgan fingerprint density at radius 1 is 1.07 bits per heavy atom. The van der Waals surface area contributed by atoms with Crippen molar-refractivity contribution in [2.24, 2.45) is 17.8 Å². The molecule has 1 aromatic rings. The molecule has 3 heteroatoms. The third-order valence-corrected chi connectivity index (χ3v) is 7.07. The molecule has 3 nitrogen and oxygen atoms in total. The van der Waals surface area contributed by atoms with Crippen molar-refractivity contribution in [3.8, 4) is 0 Å². The van der Waals surface area contributed by atoms with Crippen LogP contribution in [0.25, 0.3) is 0 Å². The second-order valence-electron chi connectivity index (χ2n) is 9.41. The first kappa shape index (κ1) is 22.1. The van der Waals surface area contributed by atoms with Crippen molar-refractivity contribution in [1.29, 1.82) is 0 Å². The molecule has 160 valence electrons. The number of esters is 1. The summed E-state index contributed by atoms with van der Waals surface area (Å²) in [6, 6.07) is 4.76. The van der Waals surface area contributed by atoms with Gasteiger partial charge in [0.15, 0.2) is 0 Å². The molecule has 0 aliphatic heterocycles. The summed E-state index contributed by atoms with van der Waals surface area (Å²) < 4.78 is 5.35. The van der Waals surface area contributed by atoms with Gasteiger partial charge in [0, 0.05) is 18.6 Å². The van der Waals surface area contributed by atoms with E-state index >= 15 is 0 Å². The van der Waals surface area contributed by atoms with Crippen LogP contribution in [0.5, 0.6) is 0 Å². The summed E-state index contributed by atoms with van der Waals surface area (Å²) >= 11 is 0. The van der Waals surface area contributed by atoms with Crippen LogP contribution in [0.2, 0.25) is 0 Å². The van der Waals surface area contributed by atoms with Crippen molar-refractivity contribution in [3.63, 3.8) is 0 Å². The van der Waals surface area contributed by atoms with Gasteiger partial charge in [0.1, 0.15) is 0 Å². The van der Waals surface area contributed by atoms with E-state index in [-0.39, 0.29) is 12.6 Å². The molecule has 0 radical (unpaired) electrons. The summed E-state index contributed by atoms with van der Waals surface area (Å²) in [4.78, 5) is 11.7. The van der Waals surface area contributed by atoms with Crippen LogP contribution in [0.1, 0.15) is 74.6 Å². The summed E-state index contributed by atoms with van der Waals surface area (Å²) in [6.45, 7) is 8.33. The molecule has 3 rings (SSSR count). The average Bonchev–Trinajstić information content (AvgIpc) is 2.72. The molecule has 1 N–H and O–H groups in total. The average molecular weight is 399 g/mol. The SMILES string of the molecule is C=C(C)C(=O)OCCc1cc2c(cc1CCCO)CCC(C1CCC(C)CC1)C2. The number of aliphatic hydroxyl groups is 1. The van der Waals surface area contributed by atoms with Crippen molar-refractivity contribution in [2.45, 2.75) is 78.1 Å². The standard InChI is InChI=1S/C26H38O3/c1-18(2)26(28)29-14-12-24-17-25-16-22(20-8-6-19(3)7-9-20)10-11-23(25)15-21(24)5-4-13-27/h15,17,19-20,22,27H,1,4-14,16H2,2-3H3. The van der Waals surface area contributed by atoms with Gasteiger partial charge in [-0.1, -0.05) is 38.5 Å². The minimum absolute atomic E-state index is 0.212. The van der Waals surface area contributed by atoms with E-state index < -0.39 is 0 Å². The molecule has 1 atom stereocenters. The van der Waals surface area contributed by atoms with Gasteiger partial charge in [0.25, 0.3) is 0 Å². The maximum atomic E-state index is 11.7. The second kappa shape index (κ2) is 10.4. The lowest BCUT2D eigenvalue weighted by atomic mass is 9.69. The first-order valence-corrected chi connectivity index (χ1v) is 11.5. The Morgan fingerprint density at radius 3 is 2.45 bits per heavy atom. The predicted octanol–water partition coefficient (Wildman–Crippen LogP) is 5.20. The van der Waals surface area contributed by atoms with Crippen LogP contribution in [0.4, 0.5) is 0 Å². The van der Waals surface area contributed by atoms with E-state index in [0.717, 1.165) is 37.0 Å². The van der Waals surface area contributed by atoms with Crippen LogP contribution in [-0.2, 0) is 35.2 Å². The Morgan fingerprint density at radius 2 is 1.76 bits per heavy atom. The predicted molar refractivity (Wildman–Crippen MR) is 118 cm³/mol. The van der Waals surface area contributed by atoms with Crippen molar-refractivity contribution >= 4 is 5.97 Å². The summed E-state index contributed by atoms with van der Waals surface area (Å²) in [5.74, 6) is 2.32. The fraction of sp³-hybridized carbons (Fsp3) is 0.654. The van der Waals surface area contributed by atoms with E-state index in [4.69, 9.17) is 4.74 Å². The lowest BCUT2D eigenvalue weighted by molar-refractivity contribution is -0.138. The zero-order valence-electron chi connectivity index (χ0n) is 18.3. The number of carbonyl (C=O) groups is 1. The summed E-state index contributed by atoms with van der Waals surface area (Å²) in [6.07, 6.45) is 11.7. The third kappa shape index (κ3) is 5.94. The fourth-order valence-electron chi connectivity index (χ4n) is 5.21. The van der Waals surface area contributed by atoms with Gasteiger partial charge in [-0.2, -0.15) is 0 Å². The van der Waals surface area contributed by atoms with E-state index in [9.17, 15) is 9.90 Å². The fourth-order valence-corrected chi connectivity index (χ4v) is 5.21. The first-order valence-electron chi connectivity index (χ1n) is 11.5. The Labute approximate surface area is 176 Å². The number of hydrogen-bond donors (Lipinski definition) is 1. The van der Waals surface area contributed by atoms with Crippen molar-refractivity contribution in [3.05, 3.63) is 46.5 Å². The topological polar surface area (TPSA) is 46.5 Å². The highest BCUT2D eigenvalue weighted by Gasteiger charge is 2.29. The summed E-state index contributed by atoms with van der Waals surface area (Å²) in [7, 11) is 0. The smallest absolute Gasteiger partial charge is 0.333 e. The third-order valence-electron chi connectivity index (χ3n) is 7.07. The van der Waals surface area contributed by atoms with Gasteiger partial charge in [-0.25, -0.2) is 4.79 Å². The molecule has 1 fully saturated rings. The lowest BCUT2D eigenvalue weighted by Gasteiger charge is -2.36. The van der Waals surface area contributed by atoms with Gasteiger partial charge in [-0.05, 0) is 91.9 Å². The van der Waals surface area contributed by atoms with E-state index in [1.165, 1.54) is 67.2 Å². The van der Waals surface area contributed by atoms with Crippen LogP contribution in [0, 0.1) is 17.8 Å². The molecule has 0 amide bonds. The quantitative estimate of drug-likeness (QED) is 0.483. The molecule has 0 saturated heterocycles. The molecular weight excluding hydrogens is 360 g/mol. The number of aliphatic hydroxyl groups excluding tert-OH is 1. The molecule has 0 heterocycles. The lowest BCUT2D eigenvalue weighted by Crippen LogP contribution is -2.26. The van der Waals surface area contributed by atoms with Crippen LogP contribution in [-0.4, -0.2) is 24.3 Å². The minimum Gasteiger partial charge on any atom is -0.462 e. The van der Waals surface area contributed by atoms with Crippen LogP contribution in [0.3, 0.4) is 0 Å². The van der Waals surface area contributed by atoms with Crippen molar-refractivity contribution < 1.29 is 14.6 Å². The van der Waals surface area contributed by atoms with Gasteiger partial charge in [0.2, 0.25) is 0 Å². The van der Waals surface area contributed by atoms with Gasteiger partial charge in [-0.15, -0.1) is 0 Å². The highest BCUT2D eigenvalue weighted by atomic mass is 16.5. The zero-order chi connectivity index (χ0) is 20.8. The van der Waals surface area contributed by atoms with E-state index in [1.807, 2.05) is 0 Å². The molecular formula is C26H38O3. The zero-order valence-corrected chi connectivity index (χ0v) is 18.3. The molecule has 1 unspecified atom stereocenters. The number of carbonyl (C=O) groups excluding carboxylic acids is 1. The largest absolute Gasteiger partial charge is 0.462 e. The Hall–Kier alpha value is -1.61. The maximum Gasteiger partial charge on any atom is 0.333 e. The maximum absolute atomic E-state index is 11.7. The Balaban J connectivity index is 1.71. The number of aryl methyl sites for hydroxylation is 2. The van der Waals surface area contributed by atoms with E-state index in [2.05, 4.69) is 25.6 Å². The minimum atomic E-state index is -0.313. The number of ether oxygens (including phenoxy) is 1. The first-order chi connectivity index (χ1) is 14.0. The molecule has 2 aliphatic carbocycles. The number of fused-ring (bicyclic) bond motifs is 1. The number of rotatable bonds is 8. The molecule has 29 heavy (non-hydrogen) atoms. The van der Waals surface area contributed by atoms with Crippen LogP contribution >= 0.6 is 0 Å². The van der Waals surface area contributed by atoms with E-state index in [1.54, 1.807) is 6.92 Å². The van der Waals surface area contributed by atoms with Gasteiger partial charge < -0.3 is 9.84 Å². The van der Waals surface area contributed by atoms with Gasteiger partial charge in [0.05, 0.1) is 6.61 Å². The van der Waals surface area contributed by atoms with Crippen molar-refractivity contribution in [1.82, 2.24) is 0 Å².